The first-order valence-electron chi connectivity index (χ1n) is 19.6. The van der Waals surface area contributed by atoms with Gasteiger partial charge < -0.3 is 14.4 Å². The standard InChI is InChI=1S/C39H77NO4/c1-5-9-12-14-18-22-29-37(30-23-19-15-13-10-6-2)44-39(42)32-25-27-35-40(33-8-4)34-26-21-17-16-20-24-31-38(41)43-36-28-11-7-3/h37H,5-36H2,1-4H3. The molecule has 0 bridgehead atoms. The Morgan fingerprint density at radius 2 is 0.886 bits per heavy atom. The lowest BCUT2D eigenvalue weighted by Gasteiger charge is -2.22. The van der Waals surface area contributed by atoms with Crippen molar-refractivity contribution in [2.45, 2.75) is 214 Å². The number of hydrogen-bond acceptors (Lipinski definition) is 5. The van der Waals surface area contributed by atoms with Crippen LogP contribution in [0.15, 0.2) is 0 Å². The molecular weight excluding hydrogens is 546 g/mol. The van der Waals surface area contributed by atoms with Crippen molar-refractivity contribution in [3.8, 4) is 0 Å². The lowest BCUT2D eigenvalue weighted by molar-refractivity contribution is -0.150. The van der Waals surface area contributed by atoms with Crippen molar-refractivity contribution in [3.63, 3.8) is 0 Å². The minimum Gasteiger partial charge on any atom is -0.466 e. The van der Waals surface area contributed by atoms with Crippen molar-refractivity contribution < 1.29 is 19.1 Å². The van der Waals surface area contributed by atoms with Crippen LogP contribution < -0.4 is 0 Å². The summed E-state index contributed by atoms with van der Waals surface area (Å²) in [7, 11) is 0. The Labute approximate surface area is 275 Å². The molecule has 5 nitrogen and oxygen atoms in total. The van der Waals surface area contributed by atoms with Gasteiger partial charge in [0.1, 0.15) is 6.10 Å². The molecule has 262 valence electrons. The summed E-state index contributed by atoms with van der Waals surface area (Å²) in [4.78, 5) is 27.1. The third-order valence-corrected chi connectivity index (χ3v) is 8.82. The van der Waals surface area contributed by atoms with Crippen LogP contribution in [0.1, 0.15) is 207 Å². The SMILES string of the molecule is CCCCCCCCC(CCCCCCCC)OC(=O)CCCCN(CCC)CCCCCCCCC(=O)OCCCCC. The molecule has 0 fully saturated rings. The Hall–Kier alpha value is -1.10. The molecular formula is C39H77NO4. The van der Waals surface area contributed by atoms with Crippen LogP contribution in [-0.4, -0.2) is 49.2 Å². The smallest absolute Gasteiger partial charge is 0.306 e. The molecule has 0 radical (unpaired) electrons. The number of rotatable bonds is 35. The van der Waals surface area contributed by atoms with Crippen LogP contribution in [0, 0.1) is 0 Å². The third-order valence-electron chi connectivity index (χ3n) is 8.82. The van der Waals surface area contributed by atoms with Gasteiger partial charge in [-0.25, -0.2) is 0 Å². The van der Waals surface area contributed by atoms with Gasteiger partial charge in [-0.1, -0.05) is 130 Å². The molecule has 0 aliphatic rings. The zero-order chi connectivity index (χ0) is 32.4. The predicted molar refractivity (Wildman–Crippen MR) is 189 cm³/mol. The van der Waals surface area contributed by atoms with Gasteiger partial charge >= 0.3 is 11.9 Å². The van der Waals surface area contributed by atoms with E-state index in [0.29, 0.717) is 19.4 Å². The van der Waals surface area contributed by atoms with Crippen molar-refractivity contribution in [2.75, 3.05) is 26.2 Å². The quantitative estimate of drug-likeness (QED) is 0.0519. The molecule has 0 unspecified atom stereocenters. The molecule has 0 heterocycles. The molecule has 0 aliphatic carbocycles. The fourth-order valence-electron chi connectivity index (χ4n) is 5.99. The van der Waals surface area contributed by atoms with Crippen LogP contribution in [-0.2, 0) is 19.1 Å². The van der Waals surface area contributed by atoms with Crippen molar-refractivity contribution in [2.24, 2.45) is 0 Å². The summed E-state index contributed by atoms with van der Waals surface area (Å²) in [6.45, 7) is 12.9. The summed E-state index contributed by atoms with van der Waals surface area (Å²) in [6, 6.07) is 0. The second-order valence-electron chi connectivity index (χ2n) is 13.3. The molecule has 0 aromatic heterocycles. The number of nitrogens with zero attached hydrogens (tertiary/aromatic N) is 1. The molecule has 0 saturated heterocycles. The Balaban J connectivity index is 4.10. The number of esters is 2. The second kappa shape index (κ2) is 34.8. The fourth-order valence-corrected chi connectivity index (χ4v) is 5.99. The lowest BCUT2D eigenvalue weighted by atomic mass is 10.0. The number of unbranched alkanes of at least 4 members (excludes halogenated alkanes) is 18. The molecule has 0 saturated carbocycles. The van der Waals surface area contributed by atoms with Gasteiger partial charge in [-0.05, 0) is 83.8 Å². The molecule has 0 atom stereocenters. The van der Waals surface area contributed by atoms with Crippen LogP contribution in [0.4, 0.5) is 0 Å². The summed E-state index contributed by atoms with van der Waals surface area (Å²) < 4.78 is 11.3. The summed E-state index contributed by atoms with van der Waals surface area (Å²) in [5.74, 6) is 0.00415. The van der Waals surface area contributed by atoms with E-state index in [-0.39, 0.29) is 18.0 Å². The second-order valence-corrected chi connectivity index (χ2v) is 13.3. The molecule has 0 amide bonds. The fraction of sp³-hybridized carbons (Fsp3) is 0.949. The van der Waals surface area contributed by atoms with Crippen molar-refractivity contribution in [1.29, 1.82) is 0 Å². The highest BCUT2D eigenvalue weighted by Gasteiger charge is 2.15. The van der Waals surface area contributed by atoms with E-state index < -0.39 is 0 Å². The highest BCUT2D eigenvalue weighted by molar-refractivity contribution is 5.69. The zero-order valence-corrected chi connectivity index (χ0v) is 30.3. The maximum atomic E-state index is 12.7. The van der Waals surface area contributed by atoms with Crippen molar-refractivity contribution >= 4 is 11.9 Å². The Bertz CT molecular complexity index is 595. The first kappa shape index (κ1) is 42.9. The highest BCUT2D eigenvalue weighted by atomic mass is 16.5. The largest absolute Gasteiger partial charge is 0.466 e. The topological polar surface area (TPSA) is 55.8 Å². The number of carbonyl (C=O) groups excluding carboxylic acids is 2. The first-order chi connectivity index (χ1) is 21.6. The van der Waals surface area contributed by atoms with E-state index in [0.717, 1.165) is 77.4 Å². The Kier molecular flexibility index (Phi) is 33.9. The zero-order valence-electron chi connectivity index (χ0n) is 30.3. The predicted octanol–water partition coefficient (Wildman–Crippen LogP) is 11.7. The summed E-state index contributed by atoms with van der Waals surface area (Å²) >= 11 is 0. The maximum Gasteiger partial charge on any atom is 0.306 e. The van der Waals surface area contributed by atoms with E-state index in [1.54, 1.807) is 0 Å². The third kappa shape index (κ3) is 30.9. The number of hydrogen-bond donors (Lipinski definition) is 0. The molecule has 0 rings (SSSR count). The van der Waals surface area contributed by atoms with Gasteiger partial charge in [-0.15, -0.1) is 0 Å². The first-order valence-corrected chi connectivity index (χ1v) is 19.6. The van der Waals surface area contributed by atoms with E-state index in [2.05, 4.69) is 32.6 Å². The van der Waals surface area contributed by atoms with Gasteiger partial charge in [-0.3, -0.25) is 9.59 Å². The number of carbonyl (C=O) groups is 2. The van der Waals surface area contributed by atoms with Gasteiger partial charge in [0.15, 0.2) is 0 Å². The van der Waals surface area contributed by atoms with E-state index in [9.17, 15) is 9.59 Å². The average molecular weight is 624 g/mol. The minimum absolute atomic E-state index is 0.0225. The van der Waals surface area contributed by atoms with Crippen LogP contribution in [0.2, 0.25) is 0 Å². The van der Waals surface area contributed by atoms with Gasteiger partial charge in [0.25, 0.3) is 0 Å². The normalized spacial score (nSPS) is 11.5. The van der Waals surface area contributed by atoms with Gasteiger partial charge in [-0.2, -0.15) is 0 Å². The summed E-state index contributed by atoms with van der Waals surface area (Å²) in [6.07, 6.45) is 32.3. The average Bonchev–Trinajstić information content (AvgIpc) is 3.01. The van der Waals surface area contributed by atoms with E-state index in [4.69, 9.17) is 9.47 Å². The molecule has 0 spiro atoms. The van der Waals surface area contributed by atoms with E-state index >= 15 is 0 Å². The lowest BCUT2D eigenvalue weighted by Crippen LogP contribution is -2.27. The molecule has 0 aromatic carbocycles. The Morgan fingerprint density at radius 1 is 0.455 bits per heavy atom. The van der Waals surface area contributed by atoms with Crippen LogP contribution in [0.25, 0.3) is 0 Å². The molecule has 44 heavy (non-hydrogen) atoms. The van der Waals surface area contributed by atoms with E-state index in [1.807, 2.05) is 0 Å². The summed E-state index contributed by atoms with van der Waals surface area (Å²) in [5, 5.41) is 0. The highest BCUT2D eigenvalue weighted by Crippen LogP contribution is 2.18. The van der Waals surface area contributed by atoms with Crippen LogP contribution in [0.3, 0.4) is 0 Å². The van der Waals surface area contributed by atoms with E-state index in [1.165, 1.54) is 109 Å². The van der Waals surface area contributed by atoms with Crippen molar-refractivity contribution in [1.82, 2.24) is 4.90 Å². The molecule has 0 aliphatic heterocycles. The van der Waals surface area contributed by atoms with Gasteiger partial charge in [0.05, 0.1) is 6.61 Å². The summed E-state index contributed by atoms with van der Waals surface area (Å²) in [5.41, 5.74) is 0. The maximum absolute atomic E-state index is 12.7. The monoisotopic (exact) mass is 624 g/mol. The molecule has 0 N–H and O–H groups in total. The Morgan fingerprint density at radius 3 is 1.45 bits per heavy atom. The number of ether oxygens (including phenoxy) is 2. The van der Waals surface area contributed by atoms with Gasteiger partial charge in [0, 0.05) is 12.8 Å². The van der Waals surface area contributed by atoms with Crippen LogP contribution in [0.5, 0.6) is 0 Å². The molecule has 5 heteroatoms. The van der Waals surface area contributed by atoms with Crippen molar-refractivity contribution in [3.05, 3.63) is 0 Å². The minimum atomic E-state index is -0.0225. The molecule has 0 aromatic rings. The van der Waals surface area contributed by atoms with Crippen LogP contribution >= 0.6 is 0 Å². The van der Waals surface area contributed by atoms with Gasteiger partial charge in [0.2, 0.25) is 0 Å².